The number of nitrogens with one attached hydrogen (secondary N) is 2. The predicted molar refractivity (Wildman–Crippen MR) is 120 cm³/mol. The number of ether oxygens (including phenoxy) is 2. The van der Waals surface area contributed by atoms with E-state index in [1.807, 2.05) is 6.92 Å². The van der Waals surface area contributed by atoms with E-state index in [2.05, 4.69) is 63.5 Å². The average molecular weight is 414 g/mol. The molecular formula is C23H35N5O2. The first-order valence-electron chi connectivity index (χ1n) is 10.8. The van der Waals surface area contributed by atoms with E-state index in [-0.39, 0.29) is 0 Å². The average Bonchev–Trinajstić information content (AvgIpc) is 3.36. The minimum Gasteiger partial charge on any atom is -0.493 e. The molecule has 0 radical (unpaired) electrons. The van der Waals surface area contributed by atoms with Gasteiger partial charge in [-0.25, -0.2) is 0 Å². The monoisotopic (exact) mass is 413 g/mol. The lowest BCUT2D eigenvalue weighted by Gasteiger charge is -2.17. The maximum atomic E-state index is 6.14. The lowest BCUT2D eigenvalue weighted by atomic mass is 10.1. The van der Waals surface area contributed by atoms with Crippen LogP contribution >= 0.6 is 0 Å². The number of hydrogen-bond donors (Lipinski definition) is 2. The summed E-state index contributed by atoms with van der Waals surface area (Å²) in [5.41, 5.74) is 4.59. The fourth-order valence-corrected chi connectivity index (χ4v) is 3.60. The van der Waals surface area contributed by atoms with Crippen molar-refractivity contribution in [2.24, 2.45) is 10.9 Å². The molecule has 2 N–H and O–H groups in total. The molecule has 0 amide bonds. The Hall–Kier alpha value is -2.54. The van der Waals surface area contributed by atoms with E-state index in [9.17, 15) is 0 Å². The number of aryl methyl sites for hydroxylation is 4. The molecule has 1 atom stereocenters. The molecule has 1 aliphatic rings. The van der Waals surface area contributed by atoms with E-state index in [4.69, 9.17) is 9.47 Å². The molecule has 0 aliphatic carbocycles. The van der Waals surface area contributed by atoms with Gasteiger partial charge in [0.2, 0.25) is 0 Å². The zero-order valence-corrected chi connectivity index (χ0v) is 18.7. The van der Waals surface area contributed by atoms with Crippen LogP contribution in [0.1, 0.15) is 35.4 Å². The molecule has 2 heterocycles. The van der Waals surface area contributed by atoms with Crippen molar-refractivity contribution >= 4 is 5.96 Å². The molecule has 1 fully saturated rings. The van der Waals surface area contributed by atoms with Crippen LogP contribution in [0.4, 0.5) is 0 Å². The minimum absolute atomic E-state index is 0.489. The SMILES string of the molecule is CN=C(NCCCn1nc(C)cc1C)NCc1ccc(C)cc1OCC1CCOC1. The van der Waals surface area contributed by atoms with Crippen molar-refractivity contribution < 1.29 is 9.47 Å². The second kappa shape index (κ2) is 11.0. The maximum Gasteiger partial charge on any atom is 0.191 e. The van der Waals surface area contributed by atoms with Crippen LogP contribution in [0.25, 0.3) is 0 Å². The highest BCUT2D eigenvalue weighted by Crippen LogP contribution is 2.22. The second-order valence-corrected chi connectivity index (χ2v) is 8.01. The van der Waals surface area contributed by atoms with Crippen LogP contribution in [0, 0.1) is 26.7 Å². The molecular weight excluding hydrogens is 378 g/mol. The van der Waals surface area contributed by atoms with Crippen molar-refractivity contribution in [2.75, 3.05) is 33.4 Å². The quantitative estimate of drug-likeness (QED) is 0.376. The van der Waals surface area contributed by atoms with Gasteiger partial charge in [0, 0.05) is 50.5 Å². The molecule has 30 heavy (non-hydrogen) atoms. The van der Waals surface area contributed by atoms with Crippen LogP contribution in [-0.4, -0.2) is 49.2 Å². The first-order valence-corrected chi connectivity index (χ1v) is 10.8. The molecule has 7 nitrogen and oxygen atoms in total. The molecule has 1 aliphatic heterocycles. The lowest BCUT2D eigenvalue weighted by molar-refractivity contribution is 0.166. The Morgan fingerprint density at radius 1 is 1.27 bits per heavy atom. The fraction of sp³-hybridized carbons (Fsp3) is 0.565. The summed E-state index contributed by atoms with van der Waals surface area (Å²) >= 11 is 0. The van der Waals surface area contributed by atoms with Crippen molar-refractivity contribution in [3.63, 3.8) is 0 Å². The zero-order valence-electron chi connectivity index (χ0n) is 18.7. The van der Waals surface area contributed by atoms with E-state index >= 15 is 0 Å². The molecule has 1 aromatic carbocycles. The van der Waals surface area contributed by atoms with Gasteiger partial charge < -0.3 is 20.1 Å². The number of aromatic nitrogens is 2. The molecule has 1 unspecified atom stereocenters. The van der Waals surface area contributed by atoms with Gasteiger partial charge in [-0.2, -0.15) is 5.10 Å². The highest BCUT2D eigenvalue weighted by atomic mass is 16.5. The number of rotatable bonds is 9. The molecule has 1 saturated heterocycles. The van der Waals surface area contributed by atoms with Gasteiger partial charge in [0.15, 0.2) is 5.96 Å². The summed E-state index contributed by atoms with van der Waals surface area (Å²) in [6.07, 6.45) is 2.05. The Balaban J connectivity index is 1.46. The van der Waals surface area contributed by atoms with E-state index in [0.29, 0.717) is 19.1 Å². The molecule has 7 heteroatoms. The van der Waals surface area contributed by atoms with Crippen LogP contribution in [0.3, 0.4) is 0 Å². The van der Waals surface area contributed by atoms with Crippen LogP contribution in [0.2, 0.25) is 0 Å². The van der Waals surface area contributed by atoms with Gasteiger partial charge in [-0.05, 0) is 51.3 Å². The Labute approximate surface area is 179 Å². The minimum atomic E-state index is 0.489. The van der Waals surface area contributed by atoms with Crippen LogP contribution in [0.5, 0.6) is 5.75 Å². The smallest absolute Gasteiger partial charge is 0.191 e. The summed E-state index contributed by atoms with van der Waals surface area (Å²) in [6, 6.07) is 8.46. The van der Waals surface area contributed by atoms with Gasteiger partial charge in [-0.1, -0.05) is 12.1 Å². The van der Waals surface area contributed by atoms with E-state index < -0.39 is 0 Å². The van der Waals surface area contributed by atoms with Crippen LogP contribution < -0.4 is 15.4 Å². The number of nitrogens with zero attached hydrogens (tertiary/aromatic N) is 3. The van der Waals surface area contributed by atoms with Crippen LogP contribution in [-0.2, 0) is 17.8 Å². The highest BCUT2D eigenvalue weighted by Gasteiger charge is 2.17. The Morgan fingerprint density at radius 3 is 2.83 bits per heavy atom. The zero-order chi connectivity index (χ0) is 21.3. The fourth-order valence-electron chi connectivity index (χ4n) is 3.60. The standard InChI is InChI=1S/C23H35N5O2/c1-17-6-7-21(22(12-17)30-16-20-8-11-29-15-20)14-26-23(24-4)25-9-5-10-28-19(3)13-18(2)27-28/h6-7,12-13,20H,5,8-11,14-16H2,1-4H3,(H2,24,25,26). The summed E-state index contributed by atoms with van der Waals surface area (Å²) in [7, 11) is 1.79. The molecule has 164 valence electrons. The first-order chi connectivity index (χ1) is 14.5. The van der Waals surface area contributed by atoms with Gasteiger partial charge in [0.25, 0.3) is 0 Å². The third-order valence-electron chi connectivity index (χ3n) is 5.33. The van der Waals surface area contributed by atoms with Gasteiger partial charge in [-0.15, -0.1) is 0 Å². The van der Waals surface area contributed by atoms with E-state index in [0.717, 1.165) is 62.1 Å². The molecule has 2 aromatic rings. The third-order valence-corrected chi connectivity index (χ3v) is 5.33. The van der Waals surface area contributed by atoms with E-state index in [1.54, 1.807) is 7.05 Å². The van der Waals surface area contributed by atoms with Gasteiger partial charge in [0.1, 0.15) is 5.75 Å². The van der Waals surface area contributed by atoms with Crippen molar-refractivity contribution in [1.29, 1.82) is 0 Å². The second-order valence-electron chi connectivity index (χ2n) is 8.01. The molecule has 0 spiro atoms. The Bertz CT molecular complexity index is 840. The summed E-state index contributed by atoms with van der Waals surface area (Å²) < 4.78 is 13.6. The van der Waals surface area contributed by atoms with Crippen molar-refractivity contribution in [3.05, 3.63) is 46.8 Å². The number of guanidine groups is 1. The molecule has 3 rings (SSSR count). The Kier molecular flexibility index (Phi) is 8.13. The summed E-state index contributed by atoms with van der Waals surface area (Å²) in [5, 5.41) is 11.3. The normalized spacial score (nSPS) is 16.7. The molecule has 0 bridgehead atoms. The third kappa shape index (κ3) is 6.49. The van der Waals surface area contributed by atoms with Crippen molar-refractivity contribution in [2.45, 2.75) is 46.7 Å². The van der Waals surface area contributed by atoms with Crippen LogP contribution in [0.15, 0.2) is 29.3 Å². The Morgan fingerprint density at radius 2 is 2.13 bits per heavy atom. The molecule has 1 aromatic heterocycles. The highest BCUT2D eigenvalue weighted by molar-refractivity contribution is 5.79. The largest absolute Gasteiger partial charge is 0.493 e. The lowest BCUT2D eigenvalue weighted by Crippen LogP contribution is -2.37. The number of benzene rings is 1. The van der Waals surface area contributed by atoms with Gasteiger partial charge >= 0.3 is 0 Å². The van der Waals surface area contributed by atoms with Crippen molar-refractivity contribution in [3.8, 4) is 5.75 Å². The summed E-state index contributed by atoms with van der Waals surface area (Å²) in [4.78, 5) is 4.34. The van der Waals surface area contributed by atoms with Gasteiger partial charge in [-0.3, -0.25) is 9.67 Å². The number of aliphatic imine (C=N–C) groups is 1. The first kappa shape index (κ1) is 22.2. The maximum absolute atomic E-state index is 6.14. The summed E-state index contributed by atoms with van der Waals surface area (Å²) in [6.45, 7) is 10.9. The topological polar surface area (TPSA) is 72.7 Å². The predicted octanol–water partition coefficient (Wildman–Crippen LogP) is 2.98. The van der Waals surface area contributed by atoms with Gasteiger partial charge in [0.05, 0.1) is 18.9 Å². The van der Waals surface area contributed by atoms with E-state index in [1.165, 1.54) is 11.3 Å². The van der Waals surface area contributed by atoms with Crippen molar-refractivity contribution in [1.82, 2.24) is 20.4 Å². The number of hydrogen-bond acceptors (Lipinski definition) is 4. The summed E-state index contributed by atoms with van der Waals surface area (Å²) in [5.74, 6) is 2.22. The molecule has 0 saturated carbocycles.